The van der Waals surface area contributed by atoms with Gasteiger partial charge in [0.05, 0.1) is 12.7 Å². The molecule has 3 aromatic carbocycles. The predicted molar refractivity (Wildman–Crippen MR) is 166 cm³/mol. The number of benzene rings is 3. The molecular formula is C35H26N6O3. The Bertz CT molecular complexity index is 2190. The fraction of sp³-hybridized carbons (Fsp3) is 0.143. The number of piperidine rings is 1. The van der Waals surface area contributed by atoms with Gasteiger partial charge in [-0.15, -0.1) is 0 Å². The monoisotopic (exact) mass is 578 g/mol. The molecule has 9 heteroatoms. The summed E-state index contributed by atoms with van der Waals surface area (Å²) in [5.74, 6) is -0.272. The second-order valence-corrected chi connectivity index (χ2v) is 11.9. The van der Waals surface area contributed by atoms with E-state index >= 15 is 0 Å². The van der Waals surface area contributed by atoms with Crippen LogP contribution in [0.4, 0.5) is 5.69 Å². The summed E-state index contributed by atoms with van der Waals surface area (Å²) in [4.78, 5) is 48.4. The van der Waals surface area contributed by atoms with E-state index < -0.39 is 0 Å². The Morgan fingerprint density at radius 2 is 1.68 bits per heavy atom. The number of fused-ring (bicyclic) bond motifs is 3. The Balaban J connectivity index is 0.973. The predicted octanol–water partition coefficient (Wildman–Crippen LogP) is 5.64. The van der Waals surface area contributed by atoms with E-state index in [1.807, 2.05) is 85.1 Å². The highest BCUT2D eigenvalue weighted by atomic mass is 16.2. The molecule has 1 aliphatic heterocycles. The number of anilines is 1. The molecule has 2 fully saturated rings. The number of nitrogens with one attached hydrogen (secondary N) is 3. The third-order valence-electron chi connectivity index (χ3n) is 9.38. The largest absolute Gasteiger partial charge is 0.351 e. The molecule has 1 saturated carbocycles. The molecule has 0 radical (unpaired) electrons. The molecule has 3 N–H and O–H groups in total. The zero-order valence-electron chi connectivity index (χ0n) is 23.5. The van der Waals surface area contributed by atoms with Crippen molar-refractivity contribution in [3.63, 3.8) is 0 Å². The summed E-state index contributed by atoms with van der Waals surface area (Å²) >= 11 is 0. The zero-order chi connectivity index (χ0) is 29.6. The van der Waals surface area contributed by atoms with Crippen molar-refractivity contribution in [1.29, 1.82) is 0 Å². The quantitative estimate of drug-likeness (QED) is 0.246. The van der Waals surface area contributed by atoms with Crippen molar-refractivity contribution >= 4 is 45.1 Å². The van der Waals surface area contributed by atoms with Gasteiger partial charge in [-0.25, -0.2) is 0 Å². The number of likely N-dealkylation sites (tertiary alicyclic amines) is 1. The average Bonchev–Trinajstić information content (AvgIpc) is 3.50. The van der Waals surface area contributed by atoms with Crippen LogP contribution in [-0.4, -0.2) is 48.8 Å². The van der Waals surface area contributed by atoms with Crippen molar-refractivity contribution in [3.8, 4) is 0 Å². The van der Waals surface area contributed by atoms with Crippen LogP contribution in [-0.2, 0) is 12.0 Å². The maximum absolute atomic E-state index is 13.9. The summed E-state index contributed by atoms with van der Waals surface area (Å²) in [5.41, 5.74) is 6.30. The van der Waals surface area contributed by atoms with Gasteiger partial charge in [-0.2, -0.15) is 5.10 Å². The molecule has 6 aromatic rings. The van der Waals surface area contributed by atoms with Gasteiger partial charge in [-0.05, 0) is 54.3 Å². The van der Waals surface area contributed by atoms with Crippen LogP contribution in [0, 0.1) is 5.92 Å². The molecule has 1 spiro atoms. The van der Waals surface area contributed by atoms with Crippen molar-refractivity contribution < 1.29 is 14.4 Å². The van der Waals surface area contributed by atoms with Crippen LogP contribution in [0.1, 0.15) is 49.0 Å². The van der Waals surface area contributed by atoms with Crippen LogP contribution < -0.4 is 5.32 Å². The van der Waals surface area contributed by atoms with Crippen LogP contribution >= 0.6 is 0 Å². The Morgan fingerprint density at radius 1 is 0.909 bits per heavy atom. The van der Waals surface area contributed by atoms with Gasteiger partial charge in [0.1, 0.15) is 17.1 Å². The summed E-state index contributed by atoms with van der Waals surface area (Å²) in [6.45, 7) is 1.08. The number of hydrogen-bond donors (Lipinski definition) is 3. The van der Waals surface area contributed by atoms with E-state index in [1.165, 1.54) is 0 Å². The number of rotatable bonds is 5. The maximum atomic E-state index is 13.9. The minimum atomic E-state index is -0.333. The van der Waals surface area contributed by atoms with E-state index in [0.29, 0.717) is 35.9 Å². The van der Waals surface area contributed by atoms with E-state index in [9.17, 15) is 14.4 Å². The van der Waals surface area contributed by atoms with Crippen molar-refractivity contribution in [1.82, 2.24) is 24.6 Å². The average molecular weight is 579 g/mol. The number of carbonyl (C=O) groups is 3. The van der Waals surface area contributed by atoms with Gasteiger partial charge in [0, 0.05) is 56.8 Å². The van der Waals surface area contributed by atoms with Crippen molar-refractivity contribution in [2.75, 3.05) is 11.9 Å². The Hall–Kier alpha value is -5.70. The van der Waals surface area contributed by atoms with Crippen LogP contribution in [0.2, 0.25) is 0 Å². The standard InChI is InChI=1S/C35H26N6O3/c42-30-15-31-35(25-17-36-41(32(25)30)18-20-6-2-1-3-7-20)16-23(35)19-40(31)34(44)29-14-22-12-24(10-11-27(22)39-29)37-33(43)28-13-21-8-4-5-9-26(21)38-28/h1-15,17,23,38-39H,16,18-19H2,(H,37,43). The molecular weight excluding hydrogens is 552 g/mol. The van der Waals surface area contributed by atoms with Gasteiger partial charge in [0.2, 0.25) is 5.78 Å². The molecule has 2 atom stereocenters. The number of nitrogens with zero attached hydrogens (tertiary/aromatic N) is 3. The summed E-state index contributed by atoms with van der Waals surface area (Å²) in [7, 11) is 0. The van der Waals surface area contributed by atoms with Crippen molar-refractivity contribution in [2.45, 2.75) is 18.4 Å². The highest BCUT2D eigenvalue weighted by Gasteiger charge is 2.68. The first kappa shape index (κ1) is 24.9. The van der Waals surface area contributed by atoms with Gasteiger partial charge < -0.3 is 20.2 Å². The first-order valence-electron chi connectivity index (χ1n) is 14.7. The maximum Gasteiger partial charge on any atom is 0.274 e. The third kappa shape index (κ3) is 3.59. The van der Waals surface area contributed by atoms with Gasteiger partial charge >= 0.3 is 0 Å². The minimum Gasteiger partial charge on any atom is -0.351 e. The van der Waals surface area contributed by atoms with Crippen LogP contribution in [0.3, 0.4) is 0 Å². The number of carbonyl (C=O) groups excluding carboxylic acids is 3. The number of para-hydroxylation sites is 1. The first-order chi connectivity index (χ1) is 21.5. The second kappa shape index (κ2) is 8.90. The first-order valence-corrected chi connectivity index (χ1v) is 14.7. The van der Waals surface area contributed by atoms with E-state index in [2.05, 4.69) is 20.4 Å². The normalized spacial score (nSPS) is 19.9. The lowest BCUT2D eigenvalue weighted by Crippen LogP contribution is -2.34. The molecule has 2 aliphatic carbocycles. The molecule has 2 amide bonds. The van der Waals surface area contributed by atoms with Crippen molar-refractivity contribution in [2.24, 2.45) is 5.92 Å². The fourth-order valence-corrected chi connectivity index (χ4v) is 7.20. The Labute approximate surface area is 251 Å². The second-order valence-electron chi connectivity index (χ2n) is 11.9. The number of aromatic nitrogens is 4. The highest BCUT2D eigenvalue weighted by Crippen LogP contribution is 2.66. The molecule has 0 bridgehead atoms. The van der Waals surface area contributed by atoms with E-state index in [0.717, 1.165) is 45.1 Å². The molecule has 9 nitrogen and oxygen atoms in total. The fourth-order valence-electron chi connectivity index (χ4n) is 7.20. The molecule has 1 saturated heterocycles. The summed E-state index contributed by atoms with van der Waals surface area (Å²) in [6.07, 6.45) is 4.38. The SMILES string of the molecule is O=C(Nc1ccc2[nH]c(C(=O)N3CC4CC45C3=CC(=O)c3c5cnn3Cc3ccccc3)cc2c1)c1cc2ccccc2[nH]1. The lowest BCUT2D eigenvalue weighted by Gasteiger charge is -2.27. The number of aromatic amines is 2. The molecule has 44 heavy (non-hydrogen) atoms. The smallest absolute Gasteiger partial charge is 0.274 e. The van der Waals surface area contributed by atoms with Crippen LogP contribution in [0.5, 0.6) is 0 Å². The van der Waals surface area contributed by atoms with Crippen LogP contribution in [0.15, 0.2) is 103 Å². The molecule has 3 aromatic heterocycles. The van der Waals surface area contributed by atoms with E-state index in [4.69, 9.17) is 0 Å². The number of hydrogen-bond acceptors (Lipinski definition) is 4. The number of ketones is 1. The Kier molecular flexibility index (Phi) is 5.03. The van der Waals surface area contributed by atoms with E-state index in [-0.39, 0.29) is 28.9 Å². The zero-order valence-corrected chi connectivity index (χ0v) is 23.5. The topological polar surface area (TPSA) is 116 Å². The Morgan fingerprint density at radius 3 is 2.55 bits per heavy atom. The minimum absolute atomic E-state index is 0.119. The highest BCUT2D eigenvalue weighted by molar-refractivity contribution is 6.10. The lowest BCUT2D eigenvalue weighted by molar-refractivity contribution is 0.0806. The molecule has 3 aliphatic rings. The summed E-state index contributed by atoms with van der Waals surface area (Å²) in [6, 6.07) is 26.9. The molecule has 4 heterocycles. The third-order valence-corrected chi connectivity index (χ3v) is 9.38. The number of allylic oxidation sites excluding steroid dienone is 2. The molecule has 2 unspecified atom stereocenters. The van der Waals surface area contributed by atoms with Gasteiger partial charge in [0.25, 0.3) is 11.8 Å². The molecule has 9 rings (SSSR count). The summed E-state index contributed by atoms with van der Waals surface area (Å²) in [5, 5.41) is 9.34. The van der Waals surface area contributed by atoms with Gasteiger partial charge in [-0.3, -0.25) is 19.1 Å². The molecule has 214 valence electrons. The lowest BCUT2D eigenvalue weighted by atomic mass is 9.85. The van der Waals surface area contributed by atoms with Crippen molar-refractivity contribution in [3.05, 3.63) is 131 Å². The number of H-pyrrole nitrogens is 2. The summed E-state index contributed by atoms with van der Waals surface area (Å²) < 4.78 is 1.79. The van der Waals surface area contributed by atoms with Crippen LogP contribution in [0.25, 0.3) is 21.8 Å². The van der Waals surface area contributed by atoms with Gasteiger partial charge in [-0.1, -0.05) is 48.5 Å². The van der Waals surface area contributed by atoms with Gasteiger partial charge in [0.15, 0.2) is 0 Å². The van der Waals surface area contributed by atoms with E-state index in [1.54, 1.807) is 21.7 Å². The number of amides is 2.